The first kappa shape index (κ1) is 13.9. The van der Waals surface area contributed by atoms with Gasteiger partial charge in [-0.25, -0.2) is 4.39 Å². The van der Waals surface area contributed by atoms with Crippen LogP contribution >= 0.6 is 11.6 Å². The lowest BCUT2D eigenvalue weighted by molar-refractivity contribution is -0.120. The minimum absolute atomic E-state index is 0.00494. The third kappa shape index (κ3) is 4.71. The largest absolute Gasteiger partial charge is 0.356 e. The quantitative estimate of drug-likeness (QED) is 0.768. The Morgan fingerprint density at radius 3 is 2.94 bits per heavy atom. The average Bonchev–Trinajstić information content (AvgIpc) is 2.30. The van der Waals surface area contributed by atoms with Crippen molar-refractivity contribution in [1.29, 1.82) is 0 Å². The molecule has 0 radical (unpaired) electrons. The van der Waals surface area contributed by atoms with Crippen LogP contribution in [0.2, 0.25) is 5.02 Å². The van der Waals surface area contributed by atoms with Crippen LogP contribution < -0.4 is 10.6 Å². The Balaban J connectivity index is 2.31. The Morgan fingerprint density at radius 1 is 1.47 bits per heavy atom. The van der Waals surface area contributed by atoms with Crippen molar-refractivity contribution in [1.82, 2.24) is 10.6 Å². The van der Waals surface area contributed by atoms with E-state index in [1.54, 1.807) is 12.1 Å². The van der Waals surface area contributed by atoms with Crippen LogP contribution in [0.5, 0.6) is 0 Å². The molecule has 0 spiro atoms. The van der Waals surface area contributed by atoms with E-state index in [4.69, 9.17) is 11.6 Å². The summed E-state index contributed by atoms with van der Waals surface area (Å²) in [7, 11) is 0. The van der Waals surface area contributed by atoms with Crippen LogP contribution in [0.1, 0.15) is 18.9 Å². The molecule has 1 amide bonds. The smallest absolute Gasteiger partial charge is 0.221 e. The molecule has 0 heterocycles. The molecule has 3 nitrogen and oxygen atoms in total. The summed E-state index contributed by atoms with van der Waals surface area (Å²) >= 11 is 5.79. The summed E-state index contributed by atoms with van der Waals surface area (Å²) in [6, 6.07) is 4.69. The normalized spacial score (nSPS) is 10.3. The van der Waals surface area contributed by atoms with Crippen molar-refractivity contribution in [2.24, 2.45) is 0 Å². The van der Waals surface area contributed by atoms with Crippen LogP contribution in [0, 0.1) is 5.82 Å². The Bertz CT molecular complexity index is 385. The first-order valence-electron chi connectivity index (χ1n) is 5.55. The van der Waals surface area contributed by atoms with Gasteiger partial charge in [0.25, 0.3) is 0 Å². The SMILES string of the molecule is CCNC(=O)CCNCc1cccc(F)c1Cl. The first-order valence-corrected chi connectivity index (χ1v) is 5.93. The van der Waals surface area contributed by atoms with Gasteiger partial charge in [-0.3, -0.25) is 4.79 Å². The highest BCUT2D eigenvalue weighted by Crippen LogP contribution is 2.19. The van der Waals surface area contributed by atoms with Crippen LogP contribution in [0.15, 0.2) is 18.2 Å². The topological polar surface area (TPSA) is 41.1 Å². The highest BCUT2D eigenvalue weighted by molar-refractivity contribution is 6.31. The van der Waals surface area contributed by atoms with Crippen molar-refractivity contribution in [3.8, 4) is 0 Å². The van der Waals surface area contributed by atoms with E-state index in [1.807, 2.05) is 6.92 Å². The molecule has 0 atom stereocenters. The predicted octanol–water partition coefficient (Wildman–Crippen LogP) is 2.09. The number of halogens is 2. The lowest BCUT2D eigenvalue weighted by atomic mass is 10.2. The van der Waals surface area contributed by atoms with Crippen molar-refractivity contribution >= 4 is 17.5 Å². The molecule has 0 aromatic heterocycles. The van der Waals surface area contributed by atoms with Crippen LogP contribution in [0.25, 0.3) is 0 Å². The predicted molar refractivity (Wildman–Crippen MR) is 66.4 cm³/mol. The summed E-state index contributed by atoms with van der Waals surface area (Å²) in [5, 5.41) is 5.88. The Kier molecular flexibility index (Phi) is 5.94. The van der Waals surface area contributed by atoms with E-state index in [-0.39, 0.29) is 10.9 Å². The molecule has 0 saturated carbocycles. The Labute approximate surface area is 105 Å². The molecular weight excluding hydrogens is 243 g/mol. The van der Waals surface area contributed by atoms with Gasteiger partial charge in [-0.15, -0.1) is 0 Å². The lowest BCUT2D eigenvalue weighted by Gasteiger charge is -2.07. The molecular formula is C12H16ClFN2O. The molecule has 1 rings (SSSR count). The van der Waals surface area contributed by atoms with Crippen molar-refractivity contribution in [3.05, 3.63) is 34.6 Å². The van der Waals surface area contributed by atoms with Gasteiger partial charge in [-0.05, 0) is 18.6 Å². The molecule has 2 N–H and O–H groups in total. The standard InChI is InChI=1S/C12H16ClFN2O/c1-2-16-11(17)6-7-15-8-9-4-3-5-10(14)12(9)13/h3-5,15H,2,6-8H2,1H3,(H,16,17). The zero-order valence-corrected chi connectivity index (χ0v) is 10.5. The molecule has 94 valence electrons. The van der Waals surface area contributed by atoms with E-state index in [9.17, 15) is 9.18 Å². The van der Waals surface area contributed by atoms with Gasteiger partial charge in [-0.2, -0.15) is 0 Å². The van der Waals surface area contributed by atoms with E-state index in [2.05, 4.69) is 10.6 Å². The van der Waals surface area contributed by atoms with E-state index in [0.29, 0.717) is 31.6 Å². The molecule has 1 aromatic rings. The maximum Gasteiger partial charge on any atom is 0.221 e. The van der Waals surface area contributed by atoms with E-state index in [0.717, 1.165) is 0 Å². The van der Waals surface area contributed by atoms with Gasteiger partial charge in [0.05, 0.1) is 5.02 Å². The fraction of sp³-hybridized carbons (Fsp3) is 0.417. The zero-order valence-electron chi connectivity index (χ0n) is 9.72. The van der Waals surface area contributed by atoms with Gasteiger partial charge in [0, 0.05) is 26.1 Å². The number of carbonyl (C=O) groups is 1. The summed E-state index contributed by atoms with van der Waals surface area (Å²) in [5.41, 5.74) is 0.697. The number of benzene rings is 1. The van der Waals surface area contributed by atoms with E-state index < -0.39 is 5.82 Å². The molecule has 0 unspecified atom stereocenters. The number of amides is 1. The van der Waals surface area contributed by atoms with Gasteiger partial charge in [0.15, 0.2) is 0 Å². The van der Waals surface area contributed by atoms with Crippen LogP contribution in [-0.2, 0) is 11.3 Å². The van der Waals surface area contributed by atoms with Crippen molar-refractivity contribution in [3.63, 3.8) is 0 Å². The van der Waals surface area contributed by atoms with Gasteiger partial charge in [-0.1, -0.05) is 23.7 Å². The number of hydrogen-bond acceptors (Lipinski definition) is 2. The van der Waals surface area contributed by atoms with Crippen molar-refractivity contribution in [2.45, 2.75) is 19.9 Å². The second-order valence-electron chi connectivity index (χ2n) is 3.59. The van der Waals surface area contributed by atoms with Gasteiger partial charge >= 0.3 is 0 Å². The second-order valence-corrected chi connectivity index (χ2v) is 3.97. The summed E-state index contributed by atoms with van der Waals surface area (Å²) in [4.78, 5) is 11.1. The monoisotopic (exact) mass is 258 g/mol. The number of rotatable bonds is 6. The first-order chi connectivity index (χ1) is 8.15. The third-order valence-electron chi connectivity index (χ3n) is 2.25. The molecule has 0 bridgehead atoms. The van der Waals surface area contributed by atoms with Crippen LogP contribution in [0.4, 0.5) is 4.39 Å². The minimum Gasteiger partial charge on any atom is -0.356 e. The number of nitrogens with one attached hydrogen (secondary N) is 2. The third-order valence-corrected chi connectivity index (χ3v) is 2.67. The molecule has 0 aliphatic carbocycles. The summed E-state index contributed by atoms with van der Waals surface area (Å²) in [6.07, 6.45) is 0.404. The molecule has 0 fully saturated rings. The maximum absolute atomic E-state index is 13.1. The Morgan fingerprint density at radius 2 is 2.24 bits per heavy atom. The van der Waals surface area contributed by atoms with Gasteiger partial charge < -0.3 is 10.6 Å². The second kappa shape index (κ2) is 7.25. The number of carbonyl (C=O) groups excluding carboxylic acids is 1. The van der Waals surface area contributed by atoms with Crippen molar-refractivity contribution in [2.75, 3.05) is 13.1 Å². The zero-order chi connectivity index (χ0) is 12.7. The van der Waals surface area contributed by atoms with E-state index >= 15 is 0 Å². The highest BCUT2D eigenvalue weighted by atomic mass is 35.5. The van der Waals surface area contributed by atoms with Crippen LogP contribution in [0.3, 0.4) is 0 Å². The van der Waals surface area contributed by atoms with Gasteiger partial charge in [0.1, 0.15) is 5.82 Å². The van der Waals surface area contributed by atoms with Crippen molar-refractivity contribution < 1.29 is 9.18 Å². The molecule has 0 aliphatic rings. The fourth-order valence-electron chi connectivity index (χ4n) is 1.40. The lowest BCUT2D eigenvalue weighted by Crippen LogP contribution is -2.27. The Hall–Kier alpha value is -1.13. The summed E-state index contributed by atoms with van der Waals surface area (Å²) < 4.78 is 13.1. The molecule has 0 saturated heterocycles. The highest BCUT2D eigenvalue weighted by Gasteiger charge is 2.05. The number of hydrogen-bond donors (Lipinski definition) is 2. The summed E-state index contributed by atoms with van der Waals surface area (Å²) in [6.45, 7) is 3.50. The fourth-order valence-corrected chi connectivity index (χ4v) is 1.59. The molecule has 5 heteroatoms. The maximum atomic E-state index is 13.1. The van der Waals surface area contributed by atoms with E-state index in [1.165, 1.54) is 6.07 Å². The minimum atomic E-state index is -0.422. The molecule has 17 heavy (non-hydrogen) atoms. The summed E-state index contributed by atoms with van der Waals surface area (Å²) in [5.74, 6) is -0.417. The van der Waals surface area contributed by atoms with Gasteiger partial charge in [0.2, 0.25) is 5.91 Å². The molecule has 1 aromatic carbocycles. The van der Waals surface area contributed by atoms with Crippen LogP contribution in [-0.4, -0.2) is 19.0 Å². The average molecular weight is 259 g/mol. The molecule has 0 aliphatic heterocycles.